The number of benzene rings is 4. The molecule has 2 aliphatic heterocycles. The third-order valence-electron chi connectivity index (χ3n) is 7.46. The van der Waals surface area contributed by atoms with E-state index in [1.54, 1.807) is 0 Å². The van der Waals surface area contributed by atoms with Crippen molar-refractivity contribution in [2.45, 2.75) is 0 Å². The zero-order valence-electron chi connectivity index (χ0n) is 21.7. The van der Waals surface area contributed by atoms with E-state index in [2.05, 4.69) is 9.97 Å². The molecule has 2 aliphatic rings. The molecule has 0 amide bonds. The van der Waals surface area contributed by atoms with Crippen molar-refractivity contribution in [2.24, 2.45) is 0 Å². The topological polar surface area (TPSA) is 109 Å². The largest absolute Gasteiger partial charge is 0.324 e. The Labute approximate surface area is 260 Å². The number of aromatic amines is 2. The Bertz CT molecular complexity index is 2040. The molecule has 201 valence electrons. The summed E-state index contributed by atoms with van der Waals surface area (Å²) in [5, 5.41) is 3.82. The SMILES string of the molecule is [Ni].[V].c1ccc2c(c1)-c1nc-2nc2[nH]c(nc3nc(nc4[nH]c(n1)c1ccccc41)-c1ccccc1-3)c1ccccc21. The van der Waals surface area contributed by atoms with Crippen LogP contribution in [0.1, 0.15) is 0 Å². The van der Waals surface area contributed by atoms with Crippen molar-refractivity contribution in [1.82, 2.24) is 39.9 Å². The van der Waals surface area contributed by atoms with Gasteiger partial charge in [0.1, 0.15) is 22.6 Å². The van der Waals surface area contributed by atoms with Gasteiger partial charge in [0.15, 0.2) is 23.3 Å². The van der Waals surface area contributed by atoms with Crippen LogP contribution in [0.4, 0.5) is 0 Å². The minimum absolute atomic E-state index is 0. The van der Waals surface area contributed by atoms with Crippen LogP contribution < -0.4 is 0 Å². The summed E-state index contributed by atoms with van der Waals surface area (Å²) in [6, 6.07) is 32.2. The van der Waals surface area contributed by atoms with E-state index in [1.807, 2.05) is 97.1 Å². The van der Waals surface area contributed by atoms with E-state index in [0.29, 0.717) is 45.9 Å². The Morgan fingerprint density at radius 2 is 0.571 bits per heavy atom. The molecule has 0 atom stereocenters. The molecule has 0 saturated heterocycles. The number of nitrogens with zero attached hydrogens (tertiary/aromatic N) is 6. The number of nitrogens with one attached hydrogen (secondary N) is 2. The number of H-pyrrole nitrogens is 2. The summed E-state index contributed by atoms with van der Waals surface area (Å²) in [5.41, 5.74) is 6.45. The van der Waals surface area contributed by atoms with Gasteiger partial charge in [-0.05, 0) is 0 Å². The second kappa shape index (κ2) is 10.00. The van der Waals surface area contributed by atoms with Crippen molar-refractivity contribution < 1.29 is 35.0 Å². The van der Waals surface area contributed by atoms with Crippen LogP contribution in [0.25, 0.3) is 89.7 Å². The van der Waals surface area contributed by atoms with Crippen molar-refractivity contribution in [1.29, 1.82) is 0 Å². The van der Waals surface area contributed by atoms with Gasteiger partial charge in [0.05, 0.1) is 0 Å². The van der Waals surface area contributed by atoms with Gasteiger partial charge >= 0.3 is 0 Å². The summed E-state index contributed by atoms with van der Waals surface area (Å²) in [5.74, 6) is 2.39. The summed E-state index contributed by atoms with van der Waals surface area (Å²) < 4.78 is 0. The van der Waals surface area contributed by atoms with Crippen molar-refractivity contribution in [3.63, 3.8) is 0 Å². The van der Waals surface area contributed by atoms with Gasteiger partial charge in [-0.25, -0.2) is 29.9 Å². The van der Waals surface area contributed by atoms with E-state index in [4.69, 9.17) is 29.9 Å². The van der Waals surface area contributed by atoms with Crippen LogP contribution >= 0.6 is 0 Å². The predicted molar refractivity (Wildman–Crippen MR) is 156 cm³/mol. The first-order valence-corrected chi connectivity index (χ1v) is 13.0. The van der Waals surface area contributed by atoms with Crippen molar-refractivity contribution in [3.05, 3.63) is 97.1 Å². The van der Waals surface area contributed by atoms with E-state index < -0.39 is 0 Å². The molecule has 5 heterocycles. The number of hydrogen-bond donors (Lipinski definition) is 2. The summed E-state index contributed by atoms with van der Waals surface area (Å²) in [7, 11) is 0. The Morgan fingerprint density at radius 3 is 0.833 bits per heavy atom. The normalized spacial score (nSPS) is 11.4. The minimum atomic E-state index is 0. The van der Waals surface area contributed by atoms with Gasteiger partial charge in [-0.2, -0.15) is 0 Å². The molecule has 0 aliphatic carbocycles. The summed E-state index contributed by atoms with van der Waals surface area (Å²) in [4.78, 5) is 36.8. The van der Waals surface area contributed by atoms with Crippen LogP contribution in [-0.2, 0) is 35.0 Å². The van der Waals surface area contributed by atoms with E-state index in [1.165, 1.54) is 0 Å². The molecule has 42 heavy (non-hydrogen) atoms. The smallest absolute Gasteiger partial charge is 0.164 e. The quantitative estimate of drug-likeness (QED) is 0.179. The van der Waals surface area contributed by atoms with Crippen LogP contribution in [0.5, 0.6) is 0 Å². The maximum Gasteiger partial charge on any atom is 0.164 e. The summed E-state index contributed by atoms with van der Waals surface area (Å²) in [6.07, 6.45) is 0. The second-order valence-electron chi connectivity index (χ2n) is 9.79. The molecule has 4 aromatic carbocycles. The van der Waals surface area contributed by atoms with Crippen molar-refractivity contribution in [2.75, 3.05) is 0 Å². The van der Waals surface area contributed by atoms with Gasteiger partial charge in [-0.1, -0.05) is 97.1 Å². The molecule has 2 N–H and O–H groups in total. The molecule has 8 nitrogen and oxygen atoms in total. The standard InChI is InChI=1S/C32H18N8.Ni.V/c1-2-10-18-17(9-1)25-33-26(18)38-28-21-13-5-6-14-22(21)30(35-28)40-32-24-16-8-7-15-23(24)31(36-32)39-29-20-12-4-3-11-19(20)27(34-29)37-25;;/h1-16H,(H2,33,34,35,36,37,38,39,40);;. The fourth-order valence-electron chi connectivity index (χ4n) is 5.59. The Morgan fingerprint density at radius 1 is 0.333 bits per heavy atom. The van der Waals surface area contributed by atoms with Gasteiger partial charge in [-0.15, -0.1) is 0 Å². The molecule has 1 radical (unpaired) electrons. The Kier molecular flexibility index (Phi) is 6.24. The molecule has 0 unspecified atom stereocenters. The first kappa shape index (κ1) is 26.2. The maximum absolute atomic E-state index is 5.02. The Balaban J connectivity index is 0.00000144. The van der Waals surface area contributed by atoms with E-state index in [0.717, 1.165) is 43.8 Å². The molecule has 9 rings (SSSR count). The molecule has 0 spiro atoms. The van der Waals surface area contributed by atoms with Crippen LogP contribution in [0.3, 0.4) is 0 Å². The predicted octanol–water partition coefficient (Wildman–Crippen LogP) is 6.86. The van der Waals surface area contributed by atoms with Crippen molar-refractivity contribution >= 4 is 44.1 Å². The number of aromatic nitrogens is 8. The zero-order chi connectivity index (χ0) is 26.2. The summed E-state index contributed by atoms with van der Waals surface area (Å²) >= 11 is 0. The molecule has 7 aromatic rings. The van der Waals surface area contributed by atoms with E-state index >= 15 is 0 Å². The minimum Gasteiger partial charge on any atom is -0.324 e. The average Bonchev–Trinajstić information content (AvgIpc) is 3.73. The number of fused-ring (bicyclic) bond motifs is 20. The molecule has 0 saturated carbocycles. The molecule has 0 fully saturated rings. The van der Waals surface area contributed by atoms with E-state index in [9.17, 15) is 0 Å². The van der Waals surface area contributed by atoms with Gasteiger partial charge in [0.2, 0.25) is 0 Å². The first-order chi connectivity index (χ1) is 19.8. The van der Waals surface area contributed by atoms with Crippen LogP contribution in [-0.4, -0.2) is 39.9 Å². The van der Waals surface area contributed by atoms with Gasteiger partial charge in [-0.3, -0.25) is 0 Å². The Hall–Kier alpha value is -4.68. The number of hydrogen-bond acceptors (Lipinski definition) is 6. The molecule has 8 bridgehead atoms. The van der Waals surface area contributed by atoms with E-state index in [-0.39, 0.29) is 35.0 Å². The second-order valence-corrected chi connectivity index (χ2v) is 9.79. The molecule has 3 aromatic heterocycles. The monoisotopic (exact) mass is 623 g/mol. The molecule has 10 heteroatoms. The summed E-state index contributed by atoms with van der Waals surface area (Å²) in [6.45, 7) is 0. The third kappa shape index (κ3) is 3.90. The number of rotatable bonds is 0. The fourth-order valence-corrected chi connectivity index (χ4v) is 5.59. The maximum atomic E-state index is 5.02. The molecular formula is C32H18N8NiV. The van der Waals surface area contributed by atoms with Crippen LogP contribution in [0, 0.1) is 0 Å². The van der Waals surface area contributed by atoms with Crippen LogP contribution in [0.15, 0.2) is 97.1 Å². The van der Waals surface area contributed by atoms with Gasteiger partial charge < -0.3 is 9.97 Å². The van der Waals surface area contributed by atoms with Gasteiger partial charge in [0, 0.05) is 78.8 Å². The average molecular weight is 624 g/mol. The zero-order valence-corrected chi connectivity index (χ0v) is 24.1. The molecular weight excluding hydrogens is 606 g/mol. The van der Waals surface area contributed by atoms with Gasteiger partial charge in [0.25, 0.3) is 0 Å². The fraction of sp³-hybridized carbons (Fsp3) is 0. The third-order valence-corrected chi connectivity index (χ3v) is 7.46. The van der Waals surface area contributed by atoms with Crippen LogP contribution in [0.2, 0.25) is 0 Å². The first-order valence-electron chi connectivity index (χ1n) is 13.0. The van der Waals surface area contributed by atoms with Crippen molar-refractivity contribution in [3.8, 4) is 45.6 Å².